The quantitative estimate of drug-likeness (QED) is 0.900. The zero-order chi connectivity index (χ0) is 13.1. The van der Waals surface area contributed by atoms with Crippen molar-refractivity contribution in [3.63, 3.8) is 0 Å². The Labute approximate surface area is 112 Å². The lowest BCUT2D eigenvalue weighted by molar-refractivity contribution is 0.301. The Hall–Kier alpha value is -1.72. The molecule has 1 saturated heterocycles. The van der Waals surface area contributed by atoms with Crippen LogP contribution in [-0.4, -0.2) is 34.7 Å². The molecule has 0 amide bonds. The van der Waals surface area contributed by atoms with E-state index in [9.17, 15) is 0 Å². The zero-order valence-corrected chi connectivity index (χ0v) is 10.8. The highest BCUT2D eigenvalue weighted by Crippen LogP contribution is 2.19. The molecular formula is C14H18N4O. The molecule has 2 aromatic rings. The minimum Gasteiger partial charge on any atom is -0.334 e. The van der Waals surface area contributed by atoms with Crippen molar-refractivity contribution in [3.05, 3.63) is 36.2 Å². The fourth-order valence-corrected chi connectivity index (χ4v) is 2.47. The third kappa shape index (κ3) is 2.83. The van der Waals surface area contributed by atoms with E-state index in [1.54, 1.807) is 0 Å². The summed E-state index contributed by atoms with van der Waals surface area (Å²) in [5.74, 6) is 1.95. The number of benzene rings is 1. The van der Waals surface area contributed by atoms with Crippen LogP contribution in [0.4, 0.5) is 0 Å². The van der Waals surface area contributed by atoms with Crippen molar-refractivity contribution in [2.45, 2.75) is 13.0 Å². The highest BCUT2D eigenvalue weighted by molar-refractivity contribution is 5.51. The third-order valence-electron chi connectivity index (χ3n) is 3.56. The van der Waals surface area contributed by atoms with Gasteiger partial charge in [0.05, 0.1) is 6.54 Å². The lowest BCUT2D eigenvalue weighted by Gasteiger charge is -2.12. The first-order chi connectivity index (χ1) is 9.35. The second kappa shape index (κ2) is 5.50. The summed E-state index contributed by atoms with van der Waals surface area (Å²) in [7, 11) is 0. The summed E-state index contributed by atoms with van der Waals surface area (Å²) >= 11 is 0. The smallest absolute Gasteiger partial charge is 0.257 e. The van der Waals surface area contributed by atoms with Gasteiger partial charge in [-0.05, 0) is 37.6 Å². The van der Waals surface area contributed by atoms with Crippen LogP contribution in [0.5, 0.6) is 0 Å². The van der Waals surface area contributed by atoms with Crippen LogP contribution < -0.4 is 5.73 Å². The Morgan fingerprint density at radius 3 is 2.89 bits per heavy atom. The average Bonchev–Trinajstić information content (AvgIpc) is 3.09. The Bertz CT molecular complexity index is 525. The van der Waals surface area contributed by atoms with Gasteiger partial charge in [0.15, 0.2) is 5.82 Å². The maximum absolute atomic E-state index is 5.69. The maximum Gasteiger partial charge on any atom is 0.257 e. The van der Waals surface area contributed by atoms with Crippen LogP contribution in [0.3, 0.4) is 0 Å². The molecule has 1 unspecified atom stereocenters. The predicted molar refractivity (Wildman–Crippen MR) is 72.2 cm³/mol. The van der Waals surface area contributed by atoms with Crippen LogP contribution in [0.2, 0.25) is 0 Å². The van der Waals surface area contributed by atoms with Crippen molar-refractivity contribution >= 4 is 0 Å². The number of rotatable bonds is 4. The molecule has 0 bridgehead atoms. The summed E-state index contributed by atoms with van der Waals surface area (Å²) in [6.07, 6.45) is 1.17. The number of nitrogens with zero attached hydrogens (tertiary/aromatic N) is 3. The largest absolute Gasteiger partial charge is 0.334 e. The summed E-state index contributed by atoms with van der Waals surface area (Å²) in [5.41, 5.74) is 6.65. The second-order valence-corrected chi connectivity index (χ2v) is 5.01. The summed E-state index contributed by atoms with van der Waals surface area (Å²) in [6.45, 7) is 3.60. The van der Waals surface area contributed by atoms with E-state index in [0.717, 1.165) is 37.6 Å². The Kier molecular flexibility index (Phi) is 3.57. The molecule has 1 aromatic carbocycles. The van der Waals surface area contributed by atoms with Gasteiger partial charge in [-0.3, -0.25) is 4.90 Å². The summed E-state index contributed by atoms with van der Waals surface area (Å²) in [5, 5.41) is 4.05. The molecule has 19 heavy (non-hydrogen) atoms. The molecule has 2 N–H and O–H groups in total. The highest BCUT2D eigenvalue weighted by atomic mass is 16.5. The minimum absolute atomic E-state index is 0.588. The van der Waals surface area contributed by atoms with Crippen LogP contribution in [-0.2, 0) is 6.54 Å². The van der Waals surface area contributed by atoms with Gasteiger partial charge in [-0.15, -0.1) is 0 Å². The molecule has 1 fully saturated rings. The molecule has 1 aromatic heterocycles. The number of nitrogens with two attached hydrogens (primary N) is 1. The number of hydrogen-bond acceptors (Lipinski definition) is 5. The molecule has 0 saturated carbocycles. The first-order valence-electron chi connectivity index (χ1n) is 6.65. The summed E-state index contributed by atoms with van der Waals surface area (Å²) in [4.78, 5) is 6.77. The van der Waals surface area contributed by atoms with Crippen molar-refractivity contribution in [2.24, 2.45) is 11.7 Å². The highest BCUT2D eigenvalue weighted by Gasteiger charge is 2.22. The average molecular weight is 258 g/mol. The number of likely N-dealkylation sites (tertiary alicyclic amines) is 1. The van der Waals surface area contributed by atoms with Gasteiger partial charge in [0.25, 0.3) is 5.89 Å². The Morgan fingerprint density at radius 2 is 2.16 bits per heavy atom. The van der Waals surface area contributed by atoms with Crippen molar-refractivity contribution in [2.75, 3.05) is 19.6 Å². The molecule has 1 aliphatic heterocycles. The lowest BCUT2D eigenvalue weighted by atomic mass is 10.1. The molecule has 5 nitrogen and oxygen atoms in total. The predicted octanol–water partition coefficient (Wildman–Crippen LogP) is 1.52. The first kappa shape index (κ1) is 12.3. The van der Waals surface area contributed by atoms with Crippen LogP contribution >= 0.6 is 0 Å². The van der Waals surface area contributed by atoms with E-state index in [-0.39, 0.29) is 0 Å². The van der Waals surface area contributed by atoms with Crippen LogP contribution in [0.1, 0.15) is 12.2 Å². The van der Waals surface area contributed by atoms with E-state index in [1.165, 1.54) is 6.42 Å². The molecule has 0 radical (unpaired) electrons. The minimum atomic E-state index is 0.588. The van der Waals surface area contributed by atoms with E-state index < -0.39 is 0 Å². The maximum atomic E-state index is 5.69. The van der Waals surface area contributed by atoms with E-state index in [4.69, 9.17) is 10.3 Å². The van der Waals surface area contributed by atoms with E-state index in [0.29, 0.717) is 11.8 Å². The third-order valence-corrected chi connectivity index (χ3v) is 3.56. The van der Waals surface area contributed by atoms with Gasteiger partial charge >= 0.3 is 0 Å². The van der Waals surface area contributed by atoms with Crippen molar-refractivity contribution in [3.8, 4) is 11.5 Å². The van der Waals surface area contributed by atoms with Crippen molar-refractivity contribution in [1.29, 1.82) is 0 Å². The SMILES string of the molecule is NCC1CCN(Cc2noc(-c3ccccc3)n2)C1. The van der Waals surface area contributed by atoms with E-state index in [1.807, 2.05) is 30.3 Å². The molecule has 1 aliphatic rings. The van der Waals surface area contributed by atoms with Crippen molar-refractivity contribution in [1.82, 2.24) is 15.0 Å². The second-order valence-electron chi connectivity index (χ2n) is 5.01. The van der Waals surface area contributed by atoms with Crippen LogP contribution in [0.15, 0.2) is 34.9 Å². The molecule has 5 heteroatoms. The fraction of sp³-hybridized carbons (Fsp3) is 0.429. The fourth-order valence-electron chi connectivity index (χ4n) is 2.47. The van der Waals surface area contributed by atoms with Gasteiger partial charge in [-0.25, -0.2) is 0 Å². The molecule has 0 aliphatic carbocycles. The zero-order valence-electron chi connectivity index (χ0n) is 10.8. The summed E-state index contributed by atoms with van der Waals surface area (Å²) in [6, 6.07) is 9.84. The van der Waals surface area contributed by atoms with Gasteiger partial charge in [0.1, 0.15) is 0 Å². The Morgan fingerprint density at radius 1 is 1.32 bits per heavy atom. The van der Waals surface area contributed by atoms with Gasteiger partial charge < -0.3 is 10.3 Å². The standard InChI is InChI=1S/C14H18N4O/c15-8-11-6-7-18(9-11)10-13-16-14(19-17-13)12-4-2-1-3-5-12/h1-5,11H,6-10,15H2. The molecular weight excluding hydrogens is 240 g/mol. The lowest BCUT2D eigenvalue weighted by Crippen LogP contribution is -2.23. The molecule has 100 valence electrons. The van der Waals surface area contributed by atoms with Crippen LogP contribution in [0.25, 0.3) is 11.5 Å². The topological polar surface area (TPSA) is 68.2 Å². The van der Waals surface area contributed by atoms with Gasteiger partial charge in [0.2, 0.25) is 0 Å². The number of aromatic nitrogens is 2. The molecule has 2 heterocycles. The first-order valence-corrected chi connectivity index (χ1v) is 6.65. The normalized spacial score (nSPS) is 19.9. The molecule has 3 rings (SSSR count). The van der Waals surface area contributed by atoms with Gasteiger partial charge in [-0.1, -0.05) is 23.4 Å². The van der Waals surface area contributed by atoms with Gasteiger partial charge in [-0.2, -0.15) is 4.98 Å². The molecule has 1 atom stereocenters. The van der Waals surface area contributed by atoms with Crippen molar-refractivity contribution < 1.29 is 4.52 Å². The van der Waals surface area contributed by atoms with Gasteiger partial charge in [0, 0.05) is 12.1 Å². The summed E-state index contributed by atoms with van der Waals surface area (Å²) < 4.78 is 5.30. The monoisotopic (exact) mass is 258 g/mol. The Balaban J connectivity index is 1.66. The number of hydrogen-bond donors (Lipinski definition) is 1. The van der Waals surface area contributed by atoms with Crippen LogP contribution in [0, 0.1) is 5.92 Å². The molecule has 0 spiro atoms. The van der Waals surface area contributed by atoms with E-state index in [2.05, 4.69) is 15.0 Å². The van der Waals surface area contributed by atoms with E-state index >= 15 is 0 Å².